The van der Waals surface area contributed by atoms with E-state index < -0.39 is 21.4 Å². The molecule has 0 saturated carbocycles. The number of aliphatic hydroxyl groups is 1. The van der Waals surface area contributed by atoms with Gasteiger partial charge in [0.25, 0.3) is 0 Å². The van der Waals surface area contributed by atoms with Gasteiger partial charge in [0.05, 0.1) is 10.5 Å². The van der Waals surface area contributed by atoms with Crippen LogP contribution in [-0.2, 0) is 10.0 Å². The zero-order valence-electron chi connectivity index (χ0n) is 10.6. The van der Waals surface area contributed by atoms with Crippen LogP contribution >= 0.6 is 0 Å². The molecule has 1 atom stereocenters. The maximum absolute atomic E-state index is 13.1. The summed E-state index contributed by atoms with van der Waals surface area (Å²) < 4.78 is 39.7. The lowest BCUT2D eigenvalue weighted by atomic mass is 10.1. The van der Waals surface area contributed by atoms with E-state index in [1.807, 2.05) is 0 Å². The lowest BCUT2D eigenvalue weighted by molar-refractivity contribution is 0.0667. The summed E-state index contributed by atoms with van der Waals surface area (Å²) in [5.74, 6) is -0.604. The van der Waals surface area contributed by atoms with Crippen LogP contribution in [0, 0.1) is 12.7 Å². The maximum Gasteiger partial charge on any atom is 0.241 e. The van der Waals surface area contributed by atoms with Crippen LogP contribution in [0.5, 0.6) is 0 Å². The lowest BCUT2D eigenvalue weighted by Gasteiger charge is -2.21. The van der Waals surface area contributed by atoms with Gasteiger partial charge >= 0.3 is 0 Å². The van der Waals surface area contributed by atoms with Gasteiger partial charge in [-0.3, -0.25) is 0 Å². The molecule has 2 rings (SSSR count). The molecule has 1 aliphatic heterocycles. The number of nitrogens with one attached hydrogen (secondary N) is 2. The predicted octanol–water partition coefficient (Wildman–Crippen LogP) is 0.137. The molecule has 1 aromatic carbocycles. The minimum absolute atomic E-state index is 0.0850. The molecule has 0 spiro atoms. The van der Waals surface area contributed by atoms with Crippen molar-refractivity contribution in [2.24, 2.45) is 0 Å². The number of halogens is 1. The molecule has 1 aromatic rings. The zero-order chi connectivity index (χ0) is 14.1. The van der Waals surface area contributed by atoms with Crippen LogP contribution in [0.4, 0.5) is 4.39 Å². The fraction of sp³-hybridized carbons (Fsp3) is 0.500. The maximum atomic E-state index is 13.1. The largest absolute Gasteiger partial charge is 0.387 e. The first-order valence-electron chi connectivity index (χ1n) is 6.01. The highest BCUT2D eigenvalue weighted by Crippen LogP contribution is 2.18. The third-order valence-electron chi connectivity index (χ3n) is 3.25. The van der Waals surface area contributed by atoms with E-state index >= 15 is 0 Å². The van der Waals surface area contributed by atoms with Gasteiger partial charge in [-0.25, -0.2) is 17.5 Å². The van der Waals surface area contributed by atoms with Gasteiger partial charge in [0.15, 0.2) is 0 Å². The Morgan fingerprint density at radius 2 is 2.26 bits per heavy atom. The highest BCUT2D eigenvalue weighted by molar-refractivity contribution is 7.89. The van der Waals surface area contributed by atoms with Gasteiger partial charge in [0.2, 0.25) is 10.0 Å². The quantitative estimate of drug-likeness (QED) is 0.736. The van der Waals surface area contributed by atoms with Crippen molar-refractivity contribution in [2.75, 3.05) is 19.6 Å². The zero-order valence-corrected chi connectivity index (χ0v) is 11.4. The molecule has 0 amide bonds. The number of benzene rings is 1. The average Bonchev–Trinajstić information content (AvgIpc) is 2.78. The van der Waals surface area contributed by atoms with E-state index in [1.54, 1.807) is 6.92 Å². The second-order valence-electron chi connectivity index (χ2n) is 4.89. The van der Waals surface area contributed by atoms with Gasteiger partial charge in [0, 0.05) is 13.1 Å². The van der Waals surface area contributed by atoms with E-state index in [9.17, 15) is 17.9 Å². The van der Waals surface area contributed by atoms with Crippen molar-refractivity contribution in [3.63, 3.8) is 0 Å². The minimum Gasteiger partial charge on any atom is -0.387 e. The number of hydrogen-bond donors (Lipinski definition) is 3. The molecule has 1 fully saturated rings. The molecule has 0 radical (unpaired) electrons. The Bertz CT molecular complexity index is 568. The van der Waals surface area contributed by atoms with Gasteiger partial charge in [-0.15, -0.1) is 0 Å². The highest BCUT2D eigenvalue weighted by Gasteiger charge is 2.32. The van der Waals surface area contributed by atoms with Gasteiger partial charge in [0.1, 0.15) is 5.82 Å². The van der Waals surface area contributed by atoms with Crippen LogP contribution in [0.2, 0.25) is 0 Å². The van der Waals surface area contributed by atoms with E-state index in [4.69, 9.17) is 0 Å². The monoisotopic (exact) mass is 288 g/mol. The standard InChI is InChI=1S/C12H17FN2O3S/c1-9-2-3-10(13)6-11(9)19(17,18)15-8-12(16)4-5-14-7-12/h2-3,6,14-16H,4-5,7-8H2,1H3. The van der Waals surface area contributed by atoms with Crippen molar-refractivity contribution in [1.82, 2.24) is 10.0 Å². The number of sulfonamides is 1. The van der Waals surface area contributed by atoms with Crippen molar-refractivity contribution >= 4 is 10.0 Å². The van der Waals surface area contributed by atoms with E-state index in [1.165, 1.54) is 12.1 Å². The van der Waals surface area contributed by atoms with Crippen LogP contribution in [-0.4, -0.2) is 38.8 Å². The molecule has 1 unspecified atom stereocenters. The SMILES string of the molecule is Cc1ccc(F)cc1S(=O)(=O)NCC1(O)CCNC1. The average molecular weight is 288 g/mol. The molecule has 7 heteroatoms. The first kappa shape index (κ1) is 14.4. The topological polar surface area (TPSA) is 78.4 Å². The van der Waals surface area contributed by atoms with Crippen molar-refractivity contribution in [3.8, 4) is 0 Å². The molecule has 106 valence electrons. The Labute approximate surface area is 111 Å². The Morgan fingerprint density at radius 3 is 2.89 bits per heavy atom. The van der Waals surface area contributed by atoms with Crippen LogP contribution < -0.4 is 10.0 Å². The molecule has 3 N–H and O–H groups in total. The fourth-order valence-corrected chi connectivity index (χ4v) is 3.43. The molecule has 0 aromatic heterocycles. The highest BCUT2D eigenvalue weighted by atomic mass is 32.2. The number of aryl methyl sites for hydroxylation is 1. The second kappa shape index (κ2) is 5.16. The number of rotatable bonds is 4. The summed E-state index contributed by atoms with van der Waals surface area (Å²) in [7, 11) is -3.82. The van der Waals surface area contributed by atoms with Crippen LogP contribution in [0.1, 0.15) is 12.0 Å². The number of β-amino-alcohol motifs (C(OH)–C–C–N with tert-alkyl or cyclic N) is 1. The smallest absolute Gasteiger partial charge is 0.241 e. The Morgan fingerprint density at radius 1 is 1.53 bits per heavy atom. The molecule has 1 heterocycles. The van der Waals surface area contributed by atoms with Crippen molar-refractivity contribution in [3.05, 3.63) is 29.6 Å². The first-order chi connectivity index (χ1) is 8.82. The third kappa shape index (κ3) is 3.30. The van der Waals surface area contributed by atoms with Gasteiger partial charge in [-0.2, -0.15) is 0 Å². The van der Waals surface area contributed by atoms with Crippen LogP contribution in [0.15, 0.2) is 23.1 Å². The number of hydrogen-bond acceptors (Lipinski definition) is 4. The summed E-state index contributed by atoms with van der Waals surface area (Å²) in [5, 5.41) is 13.0. The van der Waals surface area contributed by atoms with Crippen molar-refractivity contribution in [1.29, 1.82) is 0 Å². The summed E-state index contributed by atoms with van der Waals surface area (Å²) in [5.41, 5.74) is -0.612. The normalized spacial score (nSPS) is 23.7. The van der Waals surface area contributed by atoms with Crippen LogP contribution in [0.3, 0.4) is 0 Å². The summed E-state index contributed by atoms with van der Waals surface area (Å²) >= 11 is 0. The predicted molar refractivity (Wildman–Crippen MR) is 68.8 cm³/mol. The first-order valence-corrected chi connectivity index (χ1v) is 7.50. The van der Waals surface area contributed by atoms with Gasteiger partial charge < -0.3 is 10.4 Å². The molecule has 1 aliphatic rings. The molecule has 5 nitrogen and oxygen atoms in total. The van der Waals surface area contributed by atoms with Crippen molar-refractivity contribution in [2.45, 2.75) is 23.8 Å². The van der Waals surface area contributed by atoms with Gasteiger partial charge in [-0.05, 0) is 37.6 Å². The fourth-order valence-electron chi connectivity index (χ4n) is 2.05. The Hall–Kier alpha value is -1.02. The molecular weight excluding hydrogens is 271 g/mol. The van der Waals surface area contributed by atoms with E-state index in [0.29, 0.717) is 25.1 Å². The lowest BCUT2D eigenvalue weighted by Crippen LogP contribution is -2.44. The molecule has 0 aliphatic carbocycles. The molecular formula is C12H17FN2O3S. The molecule has 1 saturated heterocycles. The molecule has 0 bridgehead atoms. The second-order valence-corrected chi connectivity index (χ2v) is 6.62. The summed E-state index contributed by atoms with van der Waals surface area (Å²) in [6, 6.07) is 3.60. The Balaban J connectivity index is 2.16. The van der Waals surface area contributed by atoms with Crippen LogP contribution in [0.25, 0.3) is 0 Å². The van der Waals surface area contributed by atoms with E-state index in [-0.39, 0.29) is 11.4 Å². The molecule has 19 heavy (non-hydrogen) atoms. The summed E-state index contributed by atoms with van der Waals surface area (Å²) in [4.78, 5) is -0.0953. The van der Waals surface area contributed by atoms with Gasteiger partial charge in [-0.1, -0.05) is 6.07 Å². The summed E-state index contributed by atoms with van der Waals surface area (Å²) in [6.07, 6.45) is 0.484. The Kier molecular flexibility index (Phi) is 3.91. The minimum atomic E-state index is -3.82. The summed E-state index contributed by atoms with van der Waals surface area (Å²) in [6.45, 7) is 2.51. The van der Waals surface area contributed by atoms with E-state index in [0.717, 1.165) is 6.07 Å². The third-order valence-corrected chi connectivity index (χ3v) is 4.80. The van der Waals surface area contributed by atoms with E-state index in [2.05, 4.69) is 10.0 Å². The van der Waals surface area contributed by atoms with Crippen molar-refractivity contribution < 1.29 is 17.9 Å².